The molecule has 0 saturated carbocycles. The van der Waals surface area contributed by atoms with E-state index in [1.54, 1.807) is 18.2 Å². The van der Waals surface area contributed by atoms with Crippen molar-refractivity contribution in [2.45, 2.75) is 37.5 Å². The minimum Gasteiger partial charge on any atom is -0.463 e. The van der Waals surface area contributed by atoms with Crippen LogP contribution in [0.4, 0.5) is 0 Å². The van der Waals surface area contributed by atoms with Crippen LogP contribution in [0.1, 0.15) is 33.1 Å². The quantitative estimate of drug-likeness (QED) is 0.273. The number of hydrogen-bond donors (Lipinski definition) is 2. The number of aromatic amines is 1. The summed E-state index contributed by atoms with van der Waals surface area (Å²) in [6.45, 7) is 1.89. The molecule has 4 aromatic rings. The third-order valence-electron chi connectivity index (χ3n) is 7.73. The lowest BCUT2D eigenvalue weighted by Crippen LogP contribution is -2.61. The van der Waals surface area contributed by atoms with E-state index in [-0.39, 0.29) is 47.7 Å². The minimum absolute atomic E-state index is 0.0564. The van der Waals surface area contributed by atoms with E-state index in [0.717, 1.165) is 40.7 Å². The van der Waals surface area contributed by atoms with Gasteiger partial charge in [-0.3, -0.25) is 19.2 Å². The summed E-state index contributed by atoms with van der Waals surface area (Å²) in [5.41, 5.74) is 0.793. The molecule has 0 bridgehead atoms. The summed E-state index contributed by atoms with van der Waals surface area (Å²) >= 11 is 7.36. The van der Waals surface area contributed by atoms with E-state index in [0.29, 0.717) is 28.9 Å². The molecule has 0 aliphatic carbocycles. The van der Waals surface area contributed by atoms with Crippen molar-refractivity contribution >= 4 is 61.6 Å². The van der Waals surface area contributed by atoms with Crippen molar-refractivity contribution in [3.63, 3.8) is 0 Å². The zero-order valence-electron chi connectivity index (χ0n) is 24.7. The number of thiazole rings is 1. The fraction of sp³-hybridized carbons (Fsp3) is 0.345. The third kappa shape index (κ3) is 6.43. The first-order chi connectivity index (χ1) is 21.9. The van der Waals surface area contributed by atoms with Crippen LogP contribution in [0.5, 0.6) is 5.75 Å². The van der Waals surface area contributed by atoms with Crippen molar-refractivity contribution in [1.82, 2.24) is 29.4 Å². The number of nitrogens with zero attached hydrogens (tertiary/aromatic N) is 4. The van der Waals surface area contributed by atoms with Crippen LogP contribution in [0.3, 0.4) is 0 Å². The van der Waals surface area contributed by atoms with Gasteiger partial charge in [0, 0.05) is 72.9 Å². The van der Waals surface area contributed by atoms with Gasteiger partial charge in [-0.05, 0) is 31.3 Å². The molecule has 0 spiro atoms. The predicted octanol–water partition coefficient (Wildman–Crippen LogP) is 1.98. The SMILES string of the molecule is CC(=O)Oc1coc(CNC(=O)C2CN(S(=O)(=O)c3cc4cc(Cl)ccc4[nH]3)CCN2C(=O)c2nc3c(s2)CN(C)CC3)cc1=O. The summed E-state index contributed by atoms with van der Waals surface area (Å²) in [6, 6.07) is 6.27. The van der Waals surface area contributed by atoms with E-state index in [9.17, 15) is 27.6 Å². The van der Waals surface area contributed by atoms with Gasteiger partial charge in [-0.25, -0.2) is 13.4 Å². The number of nitrogens with one attached hydrogen (secondary N) is 2. The van der Waals surface area contributed by atoms with Crippen LogP contribution in [-0.2, 0) is 39.1 Å². The highest BCUT2D eigenvalue weighted by molar-refractivity contribution is 7.89. The van der Waals surface area contributed by atoms with Crippen LogP contribution < -0.4 is 15.5 Å². The molecule has 1 saturated heterocycles. The van der Waals surface area contributed by atoms with Crippen LogP contribution >= 0.6 is 22.9 Å². The lowest BCUT2D eigenvalue weighted by Gasteiger charge is -2.39. The predicted molar refractivity (Wildman–Crippen MR) is 167 cm³/mol. The van der Waals surface area contributed by atoms with E-state index in [1.165, 1.54) is 22.3 Å². The molecule has 2 amide bonds. The second-order valence-electron chi connectivity index (χ2n) is 11.0. The Kier molecular flexibility index (Phi) is 8.73. The normalized spacial score (nSPS) is 17.5. The lowest BCUT2D eigenvalue weighted by atomic mass is 10.1. The van der Waals surface area contributed by atoms with Gasteiger partial charge in [-0.1, -0.05) is 11.6 Å². The van der Waals surface area contributed by atoms with E-state index in [4.69, 9.17) is 20.8 Å². The summed E-state index contributed by atoms with van der Waals surface area (Å²) < 4.78 is 38.8. The van der Waals surface area contributed by atoms with Gasteiger partial charge in [-0.2, -0.15) is 4.31 Å². The number of halogens is 1. The molecule has 242 valence electrons. The van der Waals surface area contributed by atoms with Crippen molar-refractivity contribution in [1.29, 1.82) is 0 Å². The monoisotopic (exact) mass is 688 g/mol. The summed E-state index contributed by atoms with van der Waals surface area (Å²) in [6.07, 6.45) is 1.66. The molecule has 17 heteroatoms. The molecule has 14 nitrogen and oxygen atoms in total. The van der Waals surface area contributed by atoms with Gasteiger partial charge in [0.2, 0.25) is 17.1 Å². The number of esters is 1. The first-order valence-corrected chi connectivity index (χ1v) is 16.9. The zero-order chi connectivity index (χ0) is 32.7. The molecule has 1 fully saturated rings. The highest BCUT2D eigenvalue weighted by Gasteiger charge is 2.41. The molecular weight excluding hydrogens is 660 g/mol. The maximum Gasteiger partial charge on any atom is 0.308 e. The Balaban J connectivity index is 1.26. The van der Waals surface area contributed by atoms with Crippen LogP contribution in [0.2, 0.25) is 5.02 Å². The Bertz CT molecular complexity index is 2020. The molecule has 3 aromatic heterocycles. The van der Waals surface area contributed by atoms with Gasteiger partial charge < -0.3 is 29.3 Å². The van der Waals surface area contributed by atoms with Crippen molar-refractivity contribution in [3.05, 3.63) is 73.2 Å². The lowest BCUT2D eigenvalue weighted by molar-refractivity contribution is -0.132. The Morgan fingerprint density at radius 3 is 2.76 bits per heavy atom. The van der Waals surface area contributed by atoms with E-state index in [2.05, 4.69) is 20.2 Å². The van der Waals surface area contributed by atoms with Gasteiger partial charge in [0.05, 0.1) is 12.2 Å². The summed E-state index contributed by atoms with van der Waals surface area (Å²) in [5.74, 6) is -2.08. The first-order valence-electron chi connectivity index (χ1n) is 14.2. The smallest absolute Gasteiger partial charge is 0.308 e. The third-order valence-corrected chi connectivity index (χ3v) is 10.8. The molecule has 6 rings (SSSR count). The molecule has 0 radical (unpaired) electrons. The molecule has 1 unspecified atom stereocenters. The Morgan fingerprint density at radius 1 is 1.20 bits per heavy atom. The number of rotatable bonds is 7. The second-order valence-corrected chi connectivity index (χ2v) is 14.4. The number of fused-ring (bicyclic) bond motifs is 2. The number of carbonyl (C=O) groups excluding carboxylic acids is 3. The van der Waals surface area contributed by atoms with Gasteiger partial charge in [0.25, 0.3) is 15.9 Å². The van der Waals surface area contributed by atoms with E-state index >= 15 is 0 Å². The number of sulfonamides is 1. The van der Waals surface area contributed by atoms with Gasteiger partial charge in [0.1, 0.15) is 23.1 Å². The van der Waals surface area contributed by atoms with Gasteiger partial charge in [0.15, 0.2) is 5.01 Å². The van der Waals surface area contributed by atoms with Crippen LogP contribution in [-0.4, -0.2) is 89.5 Å². The molecule has 5 heterocycles. The van der Waals surface area contributed by atoms with Crippen molar-refractivity contribution in [2.24, 2.45) is 0 Å². The average Bonchev–Trinajstić information content (AvgIpc) is 3.64. The molecular formula is C29H29ClN6O8S2. The van der Waals surface area contributed by atoms with E-state index in [1.807, 2.05) is 7.05 Å². The largest absolute Gasteiger partial charge is 0.463 e. The van der Waals surface area contributed by atoms with Crippen LogP contribution in [0.25, 0.3) is 10.9 Å². The number of piperazine rings is 1. The zero-order valence-corrected chi connectivity index (χ0v) is 27.1. The summed E-state index contributed by atoms with van der Waals surface area (Å²) in [7, 11) is -2.13. The molecule has 2 aliphatic rings. The standard InChI is InChI=1S/C29H29ClN6O8S2/c1-16(37)44-24-15-43-19(11-23(24)38)12-31-27(39)22-13-35(46(41,42)26-10-17-9-18(30)3-4-20(17)32-26)7-8-36(22)29(40)28-33-21-5-6-34(2)14-25(21)45-28/h3-4,9-11,15,22,32H,5-8,12-14H2,1-2H3,(H,31,39). The number of H-pyrrole nitrogens is 1. The van der Waals surface area contributed by atoms with Gasteiger partial charge in [-0.15, -0.1) is 11.3 Å². The molecule has 1 atom stereocenters. The number of hydrogen-bond acceptors (Lipinski definition) is 11. The van der Waals surface area contributed by atoms with Gasteiger partial charge >= 0.3 is 5.97 Å². The maximum absolute atomic E-state index is 13.8. The number of benzene rings is 1. The van der Waals surface area contributed by atoms with E-state index < -0.39 is 39.3 Å². The summed E-state index contributed by atoms with van der Waals surface area (Å²) in [4.78, 5) is 62.9. The number of likely N-dealkylation sites (N-methyl/N-ethyl adjacent to an activating group) is 1. The highest BCUT2D eigenvalue weighted by atomic mass is 35.5. The fourth-order valence-electron chi connectivity index (χ4n) is 5.39. The number of carbonyl (C=O) groups is 3. The topological polar surface area (TPSA) is 175 Å². The Hall–Kier alpha value is -4.09. The average molecular weight is 689 g/mol. The molecule has 46 heavy (non-hydrogen) atoms. The second kappa shape index (κ2) is 12.6. The van der Waals surface area contributed by atoms with Crippen molar-refractivity contribution < 1.29 is 32.0 Å². The highest BCUT2D eigenvalue weighted by Crippen LogP contribution is 2.29. The van der Waals surface area contributed by atoms with Crippen molar-refractivity contribution in [2.75, 3.05) is 33.2 Å². The number of amides is 2. The molecule has 2 N–H and O–H groups in total. The Labute approximate surface area is 271 Å². The minimum atomic E-state index is -4.12. The number of ether oxygens (including phenoxy) is 1. The van der Waals surface area contributed by atoms with Crippen LogP contribution in [0.15, 0.2) is 50.8 Å². The van der Waals surface area contributed by atoms with Crippen LogP contribution in [0, 0.1) is 0 Å². The molecule has 1 aromatic carbocycles. The fourth-order valence-corrected chi connectivity index (χ4v) is 8.17. The Morgan fingerprint density at radius 2 is 2.00 bits per heavy atom. The maximum atomic E-state index is 13.8. The number of aromatic nitrogens is 2. The summed E-state index contributed by atoms with van der Waals surface area (Å²) in [5, 5.41) is 3.86. The van der Waals surface area contributed by atoms with Crippen molar-refractivity contribution in [3.8, 4) is 5.75 Å². The first kappa shape index (κ1) is 31.9. The molecule has 2 aliphatic heterocycles.